The van der Waals surface area contributed by atoms with Crippen molar-refractivity contribution in [2.24, 2.45) is 0 Å². The Morgan fingerprint density at radius 1 is 1.50 bits per heavy atom. The zero-order valence-electron chi connectivity index (χ0n) is 4.85. The highest BCUT2D eigenvalue weighted by molar-refractivity contribution is 5.01. The van der Waals surface area contributed by atoms with E-state index in [1.165, 1.54) is 0 Å². The van der Waals surface area contributed by atoms with E-state index in [9.17, 15) is 13.2 Å². The predicted octanol–water partition coefficient (Wildman–Crippen LogP) is 1.78. The van der Waals surface area contributed by atoms with E-state index in [0.29, 0.717) is 0 Å². The monoisotopic (exact) mass is 151 g/mol. The van der Waals surface area contributed by atoms with Gasteiger partial charge in [0.1, 0.15) is 6.26 Å². The van der Waals surface area contributed by atoms with Crippen LogP contribution in [0.1, 0.15) is 5.56 Å². The maximum absolute atomic E-state index is 11.5. The van der Waals surface area contributed by atoms with Crippen molar-refractivity contribution in [3.05, 3.63) is 18.0 Å². The topological polar surface area (TPSA) is 26.0 Å². The normalized spacial score (nSPS) is 11.9. The molecule has 2 nitrogen and oxygen atoms in total. The lowest BCUT2D eigenvalue weighted by molar-refractivity contribution is -0.127. The molecule has 5 heteroatoms. The number of alkyl halides is 3. The Morgan fingerprint density at radius 3 is 2.60 bits per heavy atom. The maximum atomic E-state index is 11.5. The predicted molar refractivity (Wildman–Crippen MR) is 26.3 cm³/mol. The molecule has 0 N–H and O–H groups in total. The standard InChI is InChI=1S/C5H4F3NO/c6-5(7,8)1-4-2-9-10-3-4/h2-3H,1H2. The summed E-state index contributed by atoms with van der Waals surface area (Å²) in [5.74, 6) is 0. The van der Waals surface area contributed by atoms with E-state index in [0.717, 1.165) is 12.5 Å². The molecule has 1 heterocycles. The molecular weight excluding hydrogens is 147 g/mol. The SMILES string of the molecule is FC(F)(F)Cc1cnoc1. The summed E-state index contributed by atoms with van der Waals surface area (Å²) in [5.41, 5.74) is 0.0486. The zero-order valence-corrected chi connectivity index (χ0v) is 4.85. The molecule has 1 rings (SSSR count). The summed E-state index contributed by atoms with van der Waals surface area (Å²) >= 11 is 0. The third-order valence-electron chi connectivity index (χ3n) is 0.888. The van der Waals surface area contributed by atoms with Gasteiger partial charge in [-0.05, 0) is 0 Å². The van der Waals surface area contributed by atoms with Crippen LogP contribution in [0.2, 0.25) is 0 Å². The number of rotatable bonds is 1. The molecule has 0 radical (unpaired) electrons. The van der Waals surface area contributed by atoms with Gasteiger partial charge in [-0.25, -0.2) is 0 Å². The first-order valence-corrected chi connectivity index (χ1v) is 2.53. The van der Waals surface area contributed by atoms with Gasteiger partial charge < -0.3 is 4.52 Å². The maximum Gasteiger partial charge on any atom is 0.393 e. The second-order valence-electron chi connectivity index (χ2n) is 1.82. The lowest BCUT2D eigenvalue weighted by atomic mass is 10.3. The van der Waals surface area contributed by atoms with Crippen LogP contribution in [0, 0.1) is 0 Å². The number of aromatic nitrogens is 1. The average molecular weight is 151 g/mol. The molecule has 0 aromatic carbocycles. The highest BCUT2D eigenvalue weighted by Crippen LogP contribution is 2.20. The largest absolute Gasteiger partial charge is 0.393 e. The summed E-state index contributed by atoms with van der Waals surface area (Å²) in [6, 6.07) is 0. The summed E-state index contributed by atoms with van der Waals surface area (Å²) in [7, 11) is 0. The highest BCUT2D eigenvalue weighted by atomic mass is 19.4. The van der Waals surface area contributed by atoms with Gasteiger partial charge >= 0.3 is 6.18 Å². The minimum Gasteiger partial charge on any atom is -0.364 e. The highest BCUT2D eigenvalue weighted by Gasteiger charge is 2.28. The molecule has 1 aromatic rings. The van der Waals surface area contributed by atoms with Crippen LogP contribution in [0.5, 0.6) is 0 Å². The van der Waals surface area contributed by atoms with Gasteiger partial charge in [-0.1, -0.05) is 5.16 Å². The molecule has 0 unspecified atom stereocenters. The Balaban J connectivity index is 2.57. The van der Waals surface area contributed by atoms with Crippen molar-refractivity contribution in [2.45, 2.75) is 12.6 Å². The molecule has 0 aliphatic heterocycles. The van der Waals surface area contributed by atoms with Crippen molar-refractivity contribution in [1.82, 2.24) is 5.16 Å². The summed E-state index contributed by atoms with van der Waals surface area (Å²) in [6.07, 6.45) is -3.12. The molecule has 10 heavy (non-hydrogen) atoms. The number of hydrogen-bond donors (Lipinski definition) is 0. The van der Waals surface area contributed by atoms with Gasteiger partial charge in [0, 0.05) is 5.56 Å². The second kappa shape index (κ2) is 2.32. The van der Waals surface area contributed by atoms with Crippen LogP contribution in [0.4, 0.5) is 13.2 Å². The Hall–Kier alpha value is -1.00. The lowest BCUT2D eigenvalue weighted by Gasteiger charge is -2.00. The van der Waals surface area contributed by atoms with E-state index in [1.54, 1.807) is 0 Å². The van der Waals surface area contributed by atoms with E-state index in [4.69, 9.17) is 0 Å². The van der Waals surface area contributed by atoms with Crippen LogP contribution >= 0.6 is 0 Å². The molecule has 56 valence electrons. The fourth-order valence-corrected chi connectivity index (χ4v) is 0.545. The van der Waals surface area contributed by atoms with Crippen LogP contribution in [0.15, 0.2) is 17.0 Å². The van der Waals surface area contributed by atoms with Gasteiger partial charge in [0.2, 0.25) is 0 Å². The zero-order chi connectivity index (χ0) is 7.61. The van der Waals surface area contributed by atoms with E-state index < -0.39 is 12.6 Å². The molecule has 0 saturated carbocycles. The fraction of sp³-hybridized carbons (Fsp3) is 0.400. The van der Waals surface area contributed by atoms with E-state index in [1.807, 2.05) is 0 Å². The third-order valence-corrected chi connectivity index (χ3v) is 0.888. The Bertz CT molecular complexity index is 191. The lowest BCUT2D eigenvalue weighted by Crippen LogP contribution is -2.10. The molecular formula is C5H4F3NO. The summed E-state index contributed by atoms with van der Waals surface area (Å²) in [5, 5.41) is 3.13. The summed E-state index contributed by atoms with van der Waals surface area (Å²) < 4.78 is 38.9. The van der Waals surface area contributed by atoms with Crippen molar-refractivity contribution in [3.63, 3.8) is 0 Å². The number of nitrogens with zero attached hydrogens (tertiary/aromatic N) is 1. The molecule has 0 saturated heterocycles. The number of hydrogen-bond acceptors (Lipinski definition) is 2. The van der Waals surface area contributed by atoms with E-state index >= 15 is 0 Å². The summed E-state index contributed by atoms with van der Waals surface area (Å²) in [6.45, 7) is 0. The Morgan fingerprint density at radius 2 is 2.20 bits per heavy atom. The van der Waals surface area contributed by atoms with Gasteiger partial charge in [0.25, 0.3) is 0 Å². The molecule has 0 aliphatic carbocycles. The first-order valence-electron chi connectivity index (χ1n) is 2.53. The van der Waals surface area contributed by atoms with E-state index in [2.05, 4.69) is 9.68 Å². The van der Waals surface area contributed by atoms with Crippen LogP contribution in [0.25, 0.3) is 0 Å². The Labute approximate surface area is 54.6 Å². The van der Waals surface area contributed by atoms with Crippen LogP contribution in [-0.4, -0.2) is 11.3 Å². The smallest absolute Gasteiger partial charge is 0.364 e. The fourth-order valence-electron chi connectivity index (χ4n) is 0.545. The van der Waals surface area contributed by atoms with Gasteiger partial charge in [0.05, 0.1) is 12.6 Å². The summed E-state index contributed by atoms with van der Waals surface area (Å²) in [4.78, 5) is 0. The van der Waals surface area contributed by atoms with Gasteiger partial charge in [-0.15, -0.1) is 0 Å². The molecule has 0 amide bonds. The van der Waals surface area contributed by atoms with Crippen molar-refractivity contribution in [3.8, 4) is 0 Å². The molecule has 0 bridgehead atoms. The van der Waals surface area contributed by atoms with Crippen molar-refractivity contribution >= 4 is 0 Å². The molecule has 0 aliphatic rings. The molecule has 0 atom stereocenters. The van der Waals surface area contributed by atoms with Crippen LogP contribution < -0.4 is 0 Å². The minimum absolute atomic E-state index is 0.0486. The average Bonchev–Trinajstić information content (AvgIpc) is 2.12. The molecule has 0 spiro atoms. The van der Waals surface area contributed by atoms with Gasteiger partial charge in [-0.3, -0.25) is 0 Å². The Kier molecular flexibility index (Phi) is 1.65. The van der Waals surface area contributed by atoms with Crippen molar-refractivity contribution < 1.29 is 17.7 Å². The second-order valence-corrected chi connectivity index (χ2v) is 1.82. The van der Waals surface area contributed by atoms with Gasteiger partial charge in [-0.2, -0.15) is 13.2 Å². The first-order chi connectivity index (χ1) is 4.58. The number of halogens is 3. The van der Waals surface area contributed by atoms with E-state index in [-0.39, 0.29) is 5.56 Å². The van der Waals surface area contributed by atoms with Crippen LogP contribution in [0.3, 0.4) is 0 Å². The third kappa shape index (κ3) is 2.08. The van der Waals surface area contributed by atoms with Gasteiger partial charge in [0.15, 0.2) is 0 Å². The van der Waals surface area contributed by atoms with Crippen molar-refractivity contribution in [2.75, 3.05) is 0 Å². The van der Waals surface area contributed by atoms with Crippen LogP contribution in [-0.2, 0) is 6.42 Å². The first kappa shape index (κ1) is 7.11. The minimum atomic E-state index is -4.18. The molecule has 0 fully saturated rings. The quantitative estimate of drug-likeness (QED) is 0.611. The van der Waals surface area contributed by atoms with Crippen molar-refractivity contribution in [1.29, 1.82) is 0 Å². The molecule has 1 aromatic heterocycles.